The van der Waals surface area contributed by atoms with E-state index in [4.69, 9.17) is 9.47 Å². The highest BCUT2D eigenvalue weighted by Gasteiger charge is 2.37. The fourth-order valence-corrected chi connectivity index (χ4v) is 3.66. The maximum atomic E-state index is 12.3. The number of amides is 4. The van der Waals surface area contributed by atoms with Gasteiger partial charge in [-0.1, -0.05) is 25.0 Å². The van der Waals surface area contributed by atoms with Crippen molar-refractivity contribution < 1.29 is 28.7 Å². The second-order valence-electron chi connectivity index (χ2n) is 7.19. The van der Waals surface area contributed by atoms with E-state index in [-0.39, 0.29) is 24.9 Å². The van der Waals surface area contributed by atoms with Crippen LogP contribution in [0.1, 0.15) is 32.1 Å². The summed E-state index contributed by atoms with van der Waals surface area (Å²) in [5, 5.41) is 4.87. The molecular weight excluding hydrogens is 378 g/mol. The highest BCUT2D eigenvalue weighted by Crippen LogP contribution is 2.33. The van der Waals surface area contributed by atoms with Gasteiger partial charge >= 0.3 is 12.0 Å². The van der Waals surface area contributed by atoms with Crippen molar-refractivity contribution in [1.29, 1.82) is 0 Å². The summed E-state index contributed by atoms with van der Waals surface area (Å²) in [6.45, 7) is -0.432. The predicted octanol–water partition coefficient (Wildman–Crippen LogP) is 1.36. The molecule has 1 saturated carbocycles. The normalized spacial score (nSPS) is 19.1. The first-order chi connectivity index (χ1) is 14.0. The van der Waals surface area contributed by atoms with E-state index in [9.17, 15) is 19.2 Å². The molecule has 0 spiro atoms. The number of anilines is 1. The molecule has 4 amide bonds. The summed E-state index contributed by atoms with van der Waals surface area (Å²) in [6, 6.07) is 6.52. The quantitative estimate of drug-likeness (QED) is 0.694. The van der Waals surface area contributed by atoms with Crippen LogP contribution in [0.5, 0.6) is 5.75 Å². The number of methoxy groups -OCH3 is 1. The Hall–Kier alpha value is -3.10. The maximum Gasteiger partial charge on any atom is 0.321 e. The van der Waals surface area contributed by atoms with Crippen LogP contribution in [0.2, 0.25) is 0 Å². The second-order valence-corrected chi connectivity index (χ2v) is 7.19. The highest BCUT2D eigenvalue weighted by molar-refractivity contribution is 6.01. The van der Waals surface area contributed by atoms with Gasteiger partial charge in [-0.15, -0.1) is 0 Å². The van der Waals surface area contributed by atoms with E-state index >= 15 is 0 Å². The molecule has 156 valence electrons. The number of benzene rings is 1. The van der Waals surface area contributed by atoms with Gasteiger partial charge in [0.1, 0.15) is 5.75 Å². The number of para-hydroxylation sites is 2. The van der Waals surface area contributed by atoms with E-state index < -0.39 is 30.4 Å². The van der Waals surface area contributed by atoms with Crippen molar-refractivity contribution in [3.8, 4) is 5.75 Å². The summed E-state index contributed by atoms with van der Waals surface area (Å²) < 4.78 is 10.3. The Morgan fingerprint density at radius 1 is 1.17 bits per heavy atom. The van der Waals surface area contributed by atoms with Crippen LogP contribution in [0.4, 0.5) is 10.5 Å². The van der Waals surface area contributed by atoms with Gasteiger partial charge in [-0.05, 0) is 25.0 Å². The van der Waals surface area contributed by atoms with Crippen molar-refractivity contribution in [3.05, 3.63) is 24.3 Å². The summed E-state index contributed by atoms with van der Waals surface area (Å²) in [5.74, 6) is -1.74. The first-order valence-corrected chi connectivity index (χ1v) is 9.68. The average molecular weight is 403 g/mol. The fraction of sp³-hybridized carbons (Fsp3) is 0.500. The molecule has 1 aliphatic heterocycles. The lowest BCUT2D eigenvalue weighted by molar-refractivity contribution is -0.152. The smallest absolute Gasteiger partial charge is 0.321 e. The summed E-state index contributed by atoms with van der Waals surface area (Å²) in [5.41, 5.74) is 0.580. The lowest BCUT2D eigenvalue weighted by Crippen LogP contribution is -2.45. The zero-order valence-electron chi connectivity index (χ0n) is 16.3. The SMILES string of the molecule is COc1ccccc1N1C[C@H](C(=O)OCC(=O)NC(=O)NC2CCCC2)CC1=O. The Morgan fingerprint density at radius 2 is 1.90 bits per heavy atom. The second kappa shape index (κ2) is 9.40. The number of esters is 1. The Labute approximate surface area is 168 Å². The van der Waals surface area contributed by atoms with Crippen LogP contribution in [-0.4, -0.2) is 50.1 Å². The van der Waals surface area contributed by atoms with Crippen LogP contribution < -0.4 is 20.3 Å². The number of hydrogen-bond acceptors (Lipinski definition) is 6. The molecule has 29 heavy (non-hydrogen) atoms. The molecule has 2 fully saturated rings. The van der Waals surface area contributed by atoms with Gasteiger partial charge in [0, 0.05) is 19.0 Å². The number of hydrogen-bond donors (Lipinski definition) is 2. The zero-order valence-corrected chi connectivity index (χ0v) is 16.3. The van der Waals surface area contributed by atoms with Crippen molar-refractivity contribution in [2.45, 2.75) is 38.1 Å². The third kappa shape index (κ3) is 5.24. The van der Waals surface area contributed by atoms with Gasteiger partial charge in [-0.2, -0.15) is 0 Å². The molecular formula is C20H25N3O6. The summed E-state index contributed by atoms with van der Waals surface area (Å²) in [7, 11) is 1.51. The van der Waals surface area contributed by atoms with E-state index in [1.807, 2.05) is 0 Å². The third-order valence-electron chi connectivity index (χ3n) is 5.12. The van der Waals surface area contributed by atoms with Crippen LogP contribution in [0, 0.1) is 5.92 Å². The molecule has 0 bridgehead atoms. The first-order valence-electron chi connectivity index (χ1n) is 9.68. The molecule has 1 saturated heterocycles. The van der Waals surface area contributed by atoms with Gasteiger partial charge in [-0.3, -0.25) is 19.7 Å². The Morgan fingerprint density at radius 3 is 2.62 bits per heavy atom. The van der Waals surface area contributed by atoms with Crippen molar-refractivity contribution in [2.24, 2.45) is 5.92 Å². The van der Waals surface area contributed by atoms with Crippen molar-refractivity contribution >= 4 is 29.5 Å². The lowest BCUT2D eigenvalue weighted by Gasteiger charge is -2.19. The standard InChI is InChI=1S/C20H25N3O6/c1-28-16-9-5-4-8-15(16)23-11-13(10-18(23)25)19(26)29-12-17(24)22-20(27)21-14-6-2-3-7-14/h4-5,8-9,13-14H,2-3,6-7,10-12H2,1H3,(H2,21,22,24,27)/t13-/m1/s1. The topological polar surface area (TPSA) is 114 Å². The van der Waals surface area contributed by atoms with Crippen LogP contribution in [0.25, 0.3) is 0 Å². The summed E-state index contributed by atoms with van der Waals surface area (Å²) in [4.78, 5) is 49.7. The number of ether oxygens (including phenoxy) is 2. The fourth-order valence-electron chi connectivity index (χ4n) is 3.66. The molecule has 0 aromatic heterocycles. The van der Waals surface area contributed by atoms with E-state index in [2.05, 4.69) is 10.6 Å². The molecule has 0 unspecified atom stereocenters. The van der Waals surface area contributed by atoms with Gasteiger partial charge < -0.3 is 19.7 Å². The number of carbonyl (C=O) groups is 4. The summed E-state index contributed by atoms with van der Waals surface area (Å²) >= 11 is 0. The van der Waals surface area contributed by atoms with Crippen LogP contribution in [-0.2, 0) is 19.1 Å². The van der Waals surface area contributed by atoms with E-state index in [1.54, 1.807) is 24.3 Å². The molecule has 2 N–H and O–H groups in total. The third-order valence-corrected chi connectivity index (χ3v) is 5.12. The van der Waals surface area contributed by atoms with E-state index in [0.29, 0.717) is 11.4 Å². The van der Waals surface area contributed by atoms with Gasteiger partial charge in [0.15, 0.2) is 6.61 Å². The van der Waals surface area contributed by atoms with Crippen molar-refractivity contribution in [1.82, 2.24) is 10.6 Å². The molecule has 1 aliphatic carbocycles. The largest absolute Gasteiger partial charge is 0.495 e. The Bertz CT molecular complexity index is 790. The summed E-state index contributed by atoms with van der Waals surface area (Å²) in [6.07, 6.45) is 3.90. The molecule has 1 aromatic rings. The predicted molar refractivity (Wildman–Crippen MR) is 103 cm³/mol. The van der Waals surface area contributed by atoms with Crippen molar-refractivity contribution in [2.75, 3.05) is 25.2 Å². The minimum absolute atomic E-state index is 0.0132. The average Bonchev–Trinajstić information content (AvgIpc) is 3.35. The van der Waals surface area contributed by atoms with Crippen LogP contribution >= 0.6 is 0 Å². The van der Waals surface area contributed by atoms with Crippen LogP contribution in [0.15, 0.2) is 24.3 Å². The highest BCUT2D eigenvalue weighted by atomic mass is 16.5. The number of rotatable bonds is 6. The Kier molecular flexibility index (Phi) is 6.69. The number of carbonyl (C=O) groups excluding carboxylic acids is 4. The van der Waals surface area contributed by atoms with Gasteiger partial charge in [-0.25, -0.2) is 4.79 Å². The number of nitrogens with one attached hydrogen (secondary N) is 2. The van der Waals surface area contributed by atoms with Crippen molar-refractivity contribution in [3.63, 3.8) is 0 Å². The number of urea groups is 1. The molecule has 9 heteroatoms. The molecule has 3 rings (SSSR count). The number of nitrogens with zero attached hydrogens (tertiary/aromatic N) is 1. The van der Waals surface area contributed by atoms with Gasteiger partial charge in [0.25, 0.3) is 5.91 Å². The minimum atomic E-state index is -0.709. The molecule has 0 radical (unpaired) electrons. The molecule has 1 aromatic carbocycles. The number of imide groups is 1. The van der Waals surface area contributed by atoms with Gasteiger partial charge in [0.2, 0.25) is 5.91 Å². The Balaban J connectivity index is 1.46. The van der Waals surface area contributed by atoms with E-state index in [0.717, 1.165) is 25.7 Å². The lowest BCUT2D eigenvalue weighted by atomic mass is 10.1. The maximum absolute atomic E-state index is 12.3. The molecule has 1 atom stereocenters. The van der Waals surface area contributed by atoms with Gasteiger partial charge in [0.05, 0.1) is 18.7 Å². The first kappa shape index (κ1) is 20.6. The van der Waals surface area contributed by atoms with Crippen LogP contribution in [0.3, 0.4) is 0 Å². The molecule has 2 aliphatic rings. The zero-order chi connectivity index (χ0) is 20.8. The van der Waals surface area contributed by atoms with E-state index in [1.165, 1.54) is 12.0 Å². The minimum Gasteiger partial charge on any atom is -0.495 e. The molecule has 9 nitrogen and oxygen atoms in total. The monoisotopic (exact) mass is 403 g/mol. The molecule has 1 heterocycles.